The number of ketones is 1. The van der Waals surface area contributed by atoms with Crippen molar-refractivity contribution in [2.24, 2.45) is 0 Å². The van der Waals surface area contributed by atoms with Gasteiger partial charge in [-0.25, -0.2) is 0 Å². The van der Waals surface area contributed by atoms with Crippen LogP contribution < -0.4 is 9.47 Å². The first-order chi connectivity index (χ1) is 16.0. The van der Waals surface area contributed by atoms with Crippen LogP contribution in [0.2, 0.25) is 0 Å². The fourth-order valence-electron chi connectivity index (χ4n) is 3.85. The third-order valence-corrected chi connectivity index (χ3v) is 5.46. The summed E-state index contributed by atoms with van der Waals surface area (Å²) in [6, 6.07) is 16.6. The molecule has 1 unspecified atom stereocenters. The van der Waals surface area contributed by atoms with Gasteiger partial charge in [-0.3, -0.25) is 9.59 Å². The zero-order valence-electron chi connectivity index (χ0n) is 18.5. The SMILES string of the molecule is CCCOc1ccc(C2/C(=C(\O)c3cccc(OC)c3)C(=O)C(=O)N2Cc2ccco2)cc1. The Bertz CT molecular complexity index is 1160. The topological polar surface area (TPSA) is 89.2 Å². The summed E-state index contributed by atoms with van der Waals surface area (Å²) in [6.07, 6.45) is 2.39. The molecule has 1 saturated heterocycles. The van der Waals surface area contributed by atoms with Crippen LogP contribution in [-0.4, -0.2) is 35.4 Å². The number of hydrogen-bond donors (Lipinski definition) is 1. The van der Waals surface area contributed by atoms with E-state index in [0.29, 0.717) is 35.0 Å². The van der Waals surface area contributed by atoms with Crippen LogP contribution in [-0.2, 0) is 16.1 Å². The molecule has 1 fully saturated rings. The third-order valence-electron chi connectivity index (χ3n) is 5.46. The number of carbonyl (C=O) groups excluding carboxylic acids is 2. The standard InChI is InChI=1S/C26H25NO6/c1-3-13-32-19-11-9-17(10-12-19)23-22(24(28)18-6-4-7-20(15-18)31-2)25(29)26(30)27(23)16-21-8-5-14-33-21/h4-12,14-15,23,28H,3,13,16H2,1-2H3/b24-22+. The summed E-state index contributed by atoms with van der Waals surface area (Å²) in [5, 5.41) is 11.2. The number of likely N-dealkylation sites (tertiary alicyclic amines) is 1. The third kappa shape index (κ3) is 4.48. The van der Waals surface area contributed by atoms with Gasteiger partial charge in [-0.15, -0.1) is 0 Å². The molecule has 0 spiro atoms. The summed E-state index contributed by atoms with van der Waals surface area (Å²) in [5.74, 6) is 0.0382. The van der Waals surface area contributed by atoms with Crippen LogP contribution in [0.1, 0.15) is 36.3 Å². The maximum Gasteiger partial charge on any atom is 0.296 e. The summed E-state index contributed by atoms with van der Waals surface area (Å²) < 4.78 is 16.3. The molecule has 170 valence electrons. The molecule has 1 aliphatic rings. The smallest absolute Gasteiger partial charge is 0.296 e. The van der Waals surface area contributed by atoms with Gasteiger partial charge in [0.25, 0.3) is 11.7 Å². The van der Waals surface area contributed by atoms with Gasteiger partial charge in [0.1, 0.15) is 23.0 Å². The average molecular weight is 447 g/mol. The molecule has 33 heavy (non-hydrogen) atoms. The second kappa shape index (κ2) is 9.65. The fourth-order valence-corrected chi connectivity index (χ4v) is 3.85. The Morgan fingerprint density at radius 1 is 1.06 bits per heavy atom. The van der Waals surface area contributed by atoms with Crippen molar-refractivity contribution in [3.8, 4) is 11.5 Å². The van der Waals surface area contributed by atoms with Gasteiger partial charge in [0.2, 0.25) is 0 Å². The largest absolute Gasteiger partial charge is 0.507 e. The lowest BCUT2D eigenvalue weighted by Gasteiger charge is -2.24. The number of methoxy groups -OCH3 is 1. The number of aliphatic hydroxyl groups excluding tert-OH is 1. The lowest BCUT2D eigenvalue weighted by atomic mass is 9.95. The number of amides is 1. The lowest BCUT2D eigenvalue weighted by Crippen LogP contribution is -2.29. The molecule has 0 saturated carbocycles. The molecule has 0 bridgehead atoms. The summed E-state index contributed by atoms with van der Waals surface area (Å²) in [7, 11) is 1.52. The number of rotatable bonds is 8. The predicted molar refractivity (Wildman–Crippen MR) is 122 cm³/mol. The van der Waals surface area contributed by atoms with E-state index in [1.807, 2.05) is 6.92 Å². The van der Waals surface area contributed by atoms with Gasteiger partial charge in [-0.2, -0.15) is 0 Å². The van der Waals surface area contributed by atoms with Crippen LogP contribution in [0.15, 0.2) is 76.9 Å². The zero-order chi connectivity index (χ0) is 23.4. The first-order valence-electron chi connectivity index (χ1n) is 10.7. The predicted octanol–water partition coefficient (Wildman–Crippen LogP) is 4.70. The molecule has 1 amide bonds. The van der Waals surface area contributed by atoms with Crippen LogP contribution >= 0.6 is 0 Å². The van der Waals surface area contributed by atoms with E-state index in [1.54, 1.807) is 60.7 Å². The first-order valence-corrected chi connectivity index (χ1v) is 10.7. The molecular weight excluding hydrogens is 422 g/mol. The summed E-state index contributed by atoms with van der Waals surface area (Å²) in [5.41, 5.74) is 1.08. The summed E-state index contributed by atoms with van der Waals surface area (Å²) in [6.45, 7) is 2.70. The Kier molecular flexibility index (Phi) is 6.49. The zero-order valence-corrected chi connectivity index (χ0v) is 18.5. The van der Waals surface area contributed by atoms with E-state index in [9.17, 15) is 14.7 Å². The van der Waals surface area contributed by atoms with Gasteiger partial charge in [0, 0.05) is 5.56 Å². The maximum absolute atomic E-state index is 13.1. The van der Waals surface area contributed by atoms with Gasteiger partial charge in [-0.1, -0.05) is 31.2 Å². The average Bonchev–Trinajstić information content (AvgIpc) is 3.45. The second-order valence-corrected chi connectivity index (χ2v) is 7.66. The van der Waals surface area contributed by atoms with Crippen LogP contribution in [0, 0.1) is 0 Å². The number of carbonyl (C=O) groups is 2. The second-order valence-electron chi connectivity index (χ2n) is 7.66. The first kappa shape index (κ1) is 22.2. The van der Waals surface area contributed by atoms with Crippen LogP contribution in [0.3, 0.4) is 0 Å². The highest BCUT2D eigenvalue weighted by Gasteiger charge is 2.46. The molecular formula is C26H25NO6. The fraction of sp³-hybridized carbons (Fsp3) is 0.231. The van der Waals surface area contributed by atoms with Gasteiger partial charge in [-0.05, 0) is 48.4 Å². The molecule has 0 aliphatic carbocycles. The monoisotopic (exact) mass is 447 g/mol. The molecule has 0 radical (unpaired) electrons. The van der Waals surface area contributed by atoms with Gasteiger partial charge >= 0.3 is 0 Å². The van der Waals surface area contributed by atoms with E-state index in [2.05, 4.69) is 0 Å². The van der Waals surface area contributed by atoms with Crippen molar-refractivity contribution in [1.29, 1.82) is 0 Å². The minimum Gasteiger partial charge on any atom is -0.507 e. The van der Waals surface area contributed by atoms with Crippen LogP contribution in [0.5, 0.6) is 11.5 Å². The highest BCUT2D eigenvalue weighted by Crippen LogP contribution is 2.41. The quantitative estimate of drug-likeness (QED) is 0.306. The maximum atomic E-state index is 13.1. The van der Waals surface area contributed by atoms with E-state index in [1.165, 1.54) is 18.3 Å². The van der Waals surface area contributed by atoms with Crippen molar-refractivity contribution in [2.75, 3.05) is 13.7 Å². The van der Waals surface area contributed by atoms with Crippen molar-refractivity contribution in [3.05, 3.63) is 89.4 Å². The highest BCUT2D eigenvalue weighted by molar-refractivity contribution is 6.46. The number of nitrogens with zero attached hydrogens (tertiary/aromatic N) is 1. The van der Waals surface area contributed by atoms with E-state index in [-0.39, 0.29) is 17.9 Å². The van der Waals surface area contributed by atoms with Crippen LogP contribution in [0.4, 0.5) is 0 Å². The molecule has 2 heterocycles. The minimum absolute atomic E-state index is 0.0158. The van der Waals surface area contributed by atoms with E-state index in [4.69, 9.17) is 13.9 Å². The van der Waals surface area contributed by atoms with Crippen molar-refractivity contribution in [3.63, 3.8) is 0 Å². The number of aliphatic hydroxyl groups is 1. The molecule has 1 aromatic heterocycles. The highest BCUT2D eigenvalue weighted by atomic mass is 16.5. The van der Waals surface area contributed by atoms with Gasteiger partial charge in [0.05, 0.1) is 38.1 Å². The lowest BCUT2D eigenvalue weighted by molar-refractivity contribution is -0.140. The van der Waals surface area contributed by atoms with Crippen LogP contribution in [0.25, 0.3) is 5.76 Å². The summed E-state index contributed by atoms with van der Waals surface area (Å²) >= 11 is 0. The molecule has 3 aromatic rings. The molecule has 2 aromatic carbocycles. The Hall–Kier alpha value is -4.00. The van der Waals surface area contributed by atoms with Crippen molar-refractivity contribution in [1.82, 2.24) is 4.90 Å². The van der Waals surface area contributed by atoms with Crippen molar-refractivity contribution in [2.45, 2.75) is 25.9 Å². The van der Waals surface area contributed by atoms with Gasteiger partial charge < -0.3 is 23.9 Å². The van der Waals surface area contributed by atoms with Gasteiger partial charge in [0.15, 0.2) is 0 Å². The summed E-state index contributed by atoms with van der Waals surface area (Å²) in [4.78, 5) is 27.6. The van der Waals surface area contributed by atoms with E-state index >= 15 is 0 Å². The number of ether oxygens (including phenoxy) is 2. The van der Waals surface area contributed by atoms with E-state index in [0.717, 1.165) is 6.42 Å². The number of hydrogen-bond acceptors (Lipinski definition) is 6. The van der Waals surface area contributed by atoms with E-state index < -0.39 is 17.7 Å². The Morgan fingerprint density at radius 2 is 1.85 bits per heavy atom. The molecule has 7 heteroatoms. The number of Topliss-reactive ketones (excluding diaryl/α,β-unsaturated/α-hetero) is 1. The molecule has 4 rings (SSSR count). The molecule has 1 aliphatic heterocycles. The molecule has 7 nitrogen and oxygen atoms in total. The number of furan rings is 1. The molecule has 1 N–H and O–H groups in total. The normalized spacial score (nSPS) is 17.4. The number of benzene rings is 2. The van der Waals surface area contributed by atoms with Crippen molar-refractivity contribution >= 4 is 17.4 Å². The Morgan fingerprint density at radius 3 is 2.52 bits per heavy atom. The Balaban J connectivity index is 1.80. The Labute approximate surface area is 191 Å². The van der Waals surface area contributed by atoms with Crippen molar-refractivity contribution < 1.29 is 28.6 Å². The molecule has 1 atom stereocenters. The minimum atomic E-state index is -0.790.